The Kier molecular flexibility index (Phi) is 4.64. The number of methoxy groups -OCH3 is 1. The number of ketones is 1. The number of hydrogen-bond donors (Lipinski definition) is 0. The van der Waals surface area contributed by atoms with Gasteiger partial charge in [0, 0.05) is 22.6 Å². The second-order valence-corrected chi connectivity index (χ2v) is 9.41. The summed E-state index contributed by atoms with van der Waals surface area (Å²) >= 11 is 0. The first-order chi connectivity index (χ1) is 12.6. The number of Topliss-reactive ketones (excluding diaryl/α,β-unsaturated/α-hetero) is 1. The number of aryl methyl sites for hydroxylation is 1. The van der Waals surface area contributed by atoms with E-state index in [-0.39, 0.29) is 10.7 Å². The number of hydrogen-bond acceptors (Lipinski definition) is 4. The van der Waals surface area contributed by atoms with Crippen molar-refractivity contribution in [3.05, 3.63) is 59.8 Å². The average molecular weight is 385 g/mol. The van der Waals surface area contributed by atoms with Gasteiger partial charge in [-0.3, -0.25) is 4.79 Å². The van der Waals surface area contributed by atoms with Gasteiger partial charge in [-0.25, -0.2) is 12.4 Å². The number of para-hydroxylation sites is 1. The van der Waals surface area contributed by atoms with Gasteiger partial charge < -0.3 is 4.74 Å². The molecule has 0 aliphatic heterocycles. The smallest absolute Gasteiger partial charge is 0.268 e. The van der Waals surface area contributed by atoms with Crippen molar-refractivity contribution in [1.29, 1.82) is 0 Å². The van der Waals surface area contributed by atoms with Gasteiger partial charge in [-0.15, -0.1) is 0 Å². The molecular weight excluding hydrogens is 362 g/mol. The van der Waals surface area contributed by atoms with E-state index in [0.717, 1.165) is 9.54 Å². The van der Waals surface area contributed by atoms with Crippen molar-refractivity contribution >= 4 is 26.7 Å². The lowest BCUT2D eigenvalue weighted by atomic mass is 9.86. The van der Waals surface area contributed by atoms with Gasteiger partial charge in [-0.1, -0.05) is 50.6 Å². The van der Waals surface area contributed by atoms with E-state index in [1.165, 1.54) is 13.3 Å². The quantitative estimate of drug-likeness (QED) is 0.624. The lowest BCUT2D eigenvalue weighted by Gasteiger charge is -2.15. The van der Waals surface area contributed by atoms with Crippen molar-refractivity contribution in [2.45, 2.75) is 32.6 Å². The van der Waals surface area contributed by atoms with E-state index in [2.05, 4.69) is 0 Å². The van der Waals surface area contributed by atoms with E-state index in [1.54, 1.807) is 42.5 Å². The minimum atomic E-state index is -3.89. The van der Waals surface area contributed by atoms with Crippen molar-refractivity contribution in [1.82, 2.24) is 3.97 Å². The Morgan fingerprint density at radius 2 is 1.67 bits per heavy atom. The van der Waals surface area contributed by atoms with Crippen LogP contribution in [-0.2, 0) is 10.0 Å². The van der Waals surface area contributed by atoms with Gasteiger partial charge in [-0.2, -0.15) is 0 Å². The van der Waals surface area contributed by atoms with Crippen LogP contribution in [-0.4, -0.2) is 25.3 Å². The molecule has 3 rings (SSSR count). The number of benzene rings is 2. The van der Waals surface area contributed by atoms with Crippen LogP contribution < -0.4 is 4.74 Å². The first-order valence-corrected chi connectivity index (χ1v) is 10.1. The molecule has 0 amide bonds. The fraction of sp³-hybridized carbons (Fsp3) is 0.286. The van der Waals surface area contributed by atoms with Gasteiger partial charge in [0.1, 0.15) is 11.3 Å². The number of rotatable bonds is 4. The Balaban J connectivity index is 2.36. The molecule has 0 saturated carbocycles. The summed E-state index contributed by atoms with van der Waals surface area (Å²) in [5, 5.41) is 0.560. The topological polar surface area (TPSA) is 65.4 Å². The maximum atomic E-state index is 13.3. The molecule has 0 atom stereocenters. The molecule has 0 bridgehead atoms. The van der Waals surface area contributed by atoms with Gasteiger partial charge in [0.2, 0.25) is 0 Å². The first kappa shape index (κ1) is 19.2. The fourth-order valence-electron chi connectivity index (χ4n) is 2.98. The number of aromatic nitrogens is 1. The summed E-state index contributed by atoms with van der Waals surface area (Å²) < 4.78 is 33.2. The van der Waals surface area contributed by atoms with Crippen molar-refractivity contribution in [3.63, 3.8) is 0 Å². The monoisotopic (exact) mass is 385 g/mol. The Labute approximate surface area is 159 Å². The molecule has 6 heteroatoms. The molecule has 0 aliphatic carbocycles. The summed E-state index contributed by atoms with van der Waals surface area (Å²) in [5.41, 5.74) is 1.06. The predicted molar refractivity (Wildman–Crippen MR) is 106 cm³/mol. The van der Waals surface area contributed by atoms with Gasteiger partial charge in [-0.05, 0) is 25.1 Å². The molecule has 0 unspecified atom stereocenters. The molecule has 0 saturated heterocycles. The highest BCUT2D eigenvalue weighted by Crippen LogP contribution is 2.35. The van der Waals surface area contributed by atoms with Crippen LogP contribution in [0.5, 0.6) is 5.75 Å². The first-order valence-electron chi connectivity index (χ1n) is 8.62. The zero-order valence-electron chi connectivity index (χ0n) is 16.1. The number of fused-ring (bicyclic) bond motifs is 1. The van der Waals surface area contributed by atoms with Crippen LogP contribution >= 0.6 is 0 Å². The van der Waals surface area contributed by atoms with E-state index < -0.39 is 15.4 Å². The van der Waals surface area contributed by atoms with E-state index in [0.29, 0.717) is 22.2 Å². The normalized spacial score (nSPS) is 12.3. The molecule has 5 nitrogen and oxygen atoms in total. The molecular formula is C21H23NO4S. The largest absolute Gasteiger partial charge is 0.495 e. The van der Waals surface area contributed by atoms with Crippen LogP contribution in [0.2, 0.25) is 0 Å². The SMILES string of the molecule is COc1cccc2c(C(=O)C(C)(C)C)cn(S(=O)(=O)c3ccc(C)cc3)c12. The van der Waals surface area contributed by atoms with Crippen LogP contribution in [0.4, 0.5) is 0 Å². The van der Waals surface area contributed by atoms with Crippen LogP contribution in [0.1, 0.15) is 36.7 Å². The highest BCUT2D eigenvalue weighted by molar-refractivity contribution is 7.90. The molecule has 0 fully saturated rings. The summed E-state index contributed by atoms with van der Waals surface area (Å²) in [6.45, 7) is 7.33. The Hall–Kier alpha value is -2.60. The van der Waals surface area contributed by atoms with Crippen LogP contribution in [0.3, 0.4) is 0 Å². The lowest BCUT2D eigenvalue weighted by molar-refractivity contribution is 0.0860. The molecule has 2 aromatic carbocycles. The maximum absolute atomic E-state index is 13.3. The molecule has 27 heavy (non-hydrogen) atoms. The van der Waals surface area contributed by atoms with Gasteiger partial charge in [0.05, 0.1) is 12.0 Å². The molecule has 1 heterocycles. The average Bonchev–Trinajstić information content (AvgIpc) is 3.01. The number of nitrogens with zero attached hydrogens (tertiary/aromatic N) is 1. The maximum Gasteiger partial charge on any atom is 0.268 e. The molecule has 0 radical (unpaired) electrons. The zero-order chi connectivity index (χ0) is 20.0. The van der Waals surface area contributed by atoms with Gasteiger partial charge in [0.15, 0.2) is 5.78 Å². The van der Waals surface area contributed by atoms with Crippen LogP contribution in [0.25, 0.3) is 10.9 Å². The van der Waals surface area contributed by atoms with Crippen molar-refractivity contribution in [2.24, 2.45) is 5.41 Å². The summed E-state index contributed by atoms with van der Waals surface area (Å²) in [5.74, 6) is 0.273. The van der Waals surface area contributed by atoms with E-state index >= 15 is 0 Å². The lowest BCUT2D eigenvalue weighted by Crippen LogP contribution is -2.20. The summed E-state index contributed by atoms with van der Waals surface area (Å²) in [7, 11) is -2.41. The van der Waals surface area contributed by atoms with Crippen LogP contribution in [0.15, 0.2) is 53.6 Å². The van der Waals surface area contributed by atoms with E-state index in [9.17, 15) is 13.2 Å². The third kappa shape index (κ3) is 3.25. The Morgan fingerprint density at radius 3 is 2.22 bits per heavy atom. The second-order valence-electron chi connectivity index (χ2n) is 7.59. The highest BCUT2D eigenvalue weighted by atomic mass is 32.2. The Morgan fingerprint density at radius 1 is 1.04 bits per heavy atom. The fourth-order valence-corrected chi connectivity index (χ4v) is 4.36. The number of carbonyl (C=O) groups is 1. The number of ether oxygens (including phenoxy) is 1. The number of carbonyl (C=O) groups excluding carboxylic acids is 1. The van der Waals surface area contributed by atoms with E-state index in [1.807, 2.05) is 27.7 Å². The summed E-state index contributed by atoms with van der Waals surface area (Å²) in [4.78, 5) is 13.1. The molecule has 142 valence electrons. The highest BCUT2D eigenvalue weighted by Gasteiger charge is 2.30. The summed E-state index contributed by atoms with van der Waals surface area (Å²) in [6, 6.07) is 11.8. The summed E-state index contributed by atoms with van der Waals surface area (Å²) in [6.07, 6.45) is 1.41. The van der Waals surface area contributed by atoms with Crippen LogP contribution in [0, 0.1) is 12.3 Å². The van der Waals surface area contributed by atoms with Crippen molar-refractivity contribution in [2.75, 3.05) is 7.11 Å². The molecule has 0 N–H and O–H groups in total. The predicted octanol–water partition coefficient (Wildman–Crippen LogP) is 4.42. The third-order valence-corrected chi connectivity index (χ3v) is 6.15. The third-order valence-electron chi connectivity index (χ3n) is 4.48. The second kappa shape index (κ2) is 6.53. The van der Waals surface area contributed by atoms with Crippen molar-refractivity contribution < 1.29 is 17.9 Å². The van der Waals surface area contributed by atoms with Gasteiger partial charge >= 0.3 is 0 Å². The standard InChI is InChI=1S/C21H23NO4S/c1-14-9-11-15(12-10-14)27(24,25)22-13-17(20(23)21(2,3)4)16-7-6-8-18(26-5)19(16)22/h6-13H,1-5H3. The minimum absolute atomic E-state index is 0.126. The van der Waals surface area contributed by atoms with Crippen molar-refractivity contribution in [3.8, 4) is 5.75 Å². The minimum Gasteiger partial charge on any atom is -0.495 e. The Bertz CT molecular complexity index is 1120. The van der Waals surface area contributed by atoms with Gasteiger partial charge in [0.25, 0.3) is 10.0 Å². The molecule has 0 aliphatic rings. The molecule has 1 aromatic heterocycles. The molecule has 0 spiro atoms. The zero-order valence-corrected chi connectivity index (χ0v) is 16.9. The van der Waals surface area contributed by atoms with E-state index in [4.69, 9.17) is 4.74 Å². The molecule has 3 aromatic rings.